The number of hydrogen-bond acceptors (Lipinski definition) is 12. The van der Waals surface area contributed by atoms with Gasteiger partial charge in [-0.05, 0) is 0 Å². The Kier molecular flexibility index (Phi) is 6.62. The average Bonchev–Trinajstić information content (AvgIpc) is 3.09. The molecule has 1 aromatic rings. The van der Waals surface area contributed by atoms with Crippen molar-refractivity contribution in [2.45, 2.75) is 49.1 Å². The Balaban J connectivity index is 1.63. The van der Waals surface area contributed by atoms with E-state index in [0.717, 1.165) is 16.8 Å². The normalized spacial score (nSPS) is 38.6. The molecule has 170 valence electrons. The third-order valence-electron chi connectivity index (χ3n) is 4.53. The second kappa shape index (κ2) is 8.57. The summed E-state index contributed by atoms with van der Waals surface area (Å²) in [7, 11) is -5.03. The average molecular weight is 456 g/mol. The second-order valence-electron chi connectivity index (χ2n) is 6.74. The van der Waals surface area contributed by atoms with Crippen LogP contribution in [-0.4, -0.2) is 89.7 Å². The van der Waals surface area contributed by atoms with Crippen LogP contribution in [0.2, 0.25) is 0 Å². The van der Waals surface area contributed by atoms with Gasteiger partial charge >= 0.3 is 13.5 Å². The van der Waals surface area contributed by atoms with Crippen molar-refractivity contribution in [1.29, 1.82) is 0 Å². The number of rotatable bonds is 7. The van der Waals surface area contributed by atoms with E-state index in [1.165, 1.54) is 0 Å². The van der Waals surface area contributed by atoms with Crippen LogP contribution in [0.25, 0.3) is 0 Å². The Hall–Kier alpha value is -1.49. The first-order valence-corrected chi connectivity index (χ1v) is 10.1. The van der Waals surface area contributed by atoms with Crippen molar-refractivity contribution in [3.05, 3.63) is 33.1 Å². The molecular weight excluding hydrogens is 435 g/mol. The van der Waals surface area contributed by atoms with Crippen molar-refractivity contribution in [3.8, 4) is 0 Å². The summed E-state index contributed by atoms with van der Waals surface area (Å²) in [5.41, 5.74) is -1.61. The number of phosphoric acid groups is 1. The van der Waals surface area contributed by atoms with Gasteiger partial charge < -0.3 is 39.9 Å². The van der Waals surface area contributed by atoms with Crippen LogP contribution in [0.15, 0.2) is 21.9 Å². The largest absolute Gasteiger partial charge is 0.476 e. The molecule has 0 aromatic carbocycles. The number of aromatic nitrogens is 2. The van der Waals surface area contributed by atoms with Gasteiger partial charge in [-0.3, -0.25) is 18.9 Å². The number of ether oxygens (including phenoxy) is 2. The van der Waals surface area contributed by atoms with Gasteiger partial charge in [0.05, 0.1) is 25.7 Å². The molecular formula is C14H21N2O13P. The minimum Gasteiger partial charge on any atom is -0.394 e. The van der Waals surface area contributed by atoms with E-state index in [1.54, 1.807) is 0 Å². The van der Waals surface area contributed by atoms with Gasteiger partial charge in [0.15, 0.2) is 6.23 Å². The first kappa shape index (κ1) is 23.2. The zero-order valence-corrected chi connectivity index (χ0v) is 16.1. The first-order valence-electron chi connectivity index (χ1n) is 8.65. The molecule has 0 aliphatic carbocycles. The van der Waals surface area contributed by atoms with Gasteiger partial charge in [0.25, 0.3) is 11.5 Å². The molecule has 16 heteroatoms. The van der Waals surface area contributed by atoms with Crippen molar-refractivity contribution in [2.24, 2.45) is 0 Å². The van der Waals surface area contributed by atoms with Crippen LogP contribution in [0.5, 0.6) is 0 Å². The van der Waals surface area contributed by atoms with Crippen molar-refractivity contribution >= 4 is 7.82 Å². The van der Waals surface area contributed by atoms with Gasteiger partial charge in [-0.2, -0.15) is 0 Å². The summed E-state index contributed by atoms with van der Waals surface area (Å²) in [5, 5.41) is 48.8. The minimum atomic E-state index is -5.03. The Labute approximate surface area is 167 Å². The number of hydrogen-bond donors (Lipinski definition) is 7. The molecule has 0 spiro atoms. The van der Waals surface area contributed by atoms with Crippen LogP contribution in [0.4, 0.5) is 0 Å². The van der Waals surface area contributed by atoms with E-state index in [0.29, 0.717) is 0 Å². The van der Waals surface area contributed by atoms with Gasteiger partial charge in [0.2, 0.25) is 0 Å². The lowest BCUT2D eigenvalue weighted by molar-refractivity contribution is -0.316. The number of nitrogens with zero attached hydrogens (tertiary/aromatic N) is 1. The lowest BCUT2D eigenvalue weighted by atomic mass is 10.1. The molecule has 8 atom stereocenters. The predicted octanol–water partition coefficient (Wildman–Crippen LogP) is -3.92. The van der Waals surface area contributed by atoms with Crippen molar-refractivity contribution in [3.63, 3.8) is 0 Å². The maximum Gasteiger partial charge on any atom is 0.476 e. The standard InChI is InChI=1S/C14H21N2O13P/c17-4-7-6(18)3-14(23,28-7)29-30(24,25)26-5-8-10(20)11(21)12(27-8)16-2-1-9(19)15-13(16)22/h1-2,6-8,10-12,17-18,20-21,23H,3-5H2,(H,24,25)(H,15,19,22)/t6-,7+,8-,10?,11?,12-,14-/m0/s1. The summed E-state index contributed by atoms with van der Waals surface area (Å²) in [6.07, 6.45) is -8.37. The molecule has 0 radical (unpaired) electrons. The first-order chi connectivity index (χ1) is 13.9. The molecule has 15 nitrogen and oxygen atoms in total. The zero-order chi connectivity index (χ0) is 22.3. The number of H-pyrrole nitrogens is 1. The second-order valence-corrected chi connectivity index (χ2v) is 8.12. The van der Waals surface area contributed by atoms with E-state index in [2.05, 4.69) is 9.05 Å². The number of phosphoric ester groups is 1. The van der Waals surface area contributed by atoms with Gasteiger partial charge in [-0.15, -0.1) is 0 Å². The fourth-order valence-corrected chi connectivity index (χ4v) is 3.94. The van der Waals surface area contributed by atoms with Crippen LogP contribution in [-0.2, 0) is 23.1 Å². The van der Waals surface area contributed by atoms with Crippen molar-refractivity contribution in [2.75, 3.05) is 13.2 Å². The van der Waals surface area contributed by atoms with Crippen molar-refractivity contribution in [1.82, 2.24) is 9.55 Å². The fourth-order valence-electron chi connectivity index (χ4n) is 3.08. The molecule has 3 heterocycles. The molecule has 0 saturated carbocycles. The number of aromatic amines is 1. The van der Waals surface area contributed by atoms with Crippen LogP contribution < -0.4 is 11.2 Å². The van der Waals surface area contributed by atoms with Crippen molar-refractivity contribution < 1.29 is 53.5 Å². The Morgan fingerprint density at radius 1 is 1.27 bits per heavy atom. The van der Waals surface area contributed by atoms with E-state index >= 15 is 0 Å². The highest BCUT2D eigenvalue weighted by Gasteiger charge is 2.51. The molecule has 7 N–H and O–H groups in total. The van der Waals surface area contributed by atoms with E-state index in [4.69, 9.17) is 14.6 Å². The number of aliphatic hydroxyl groups excluding tert-OH is 4. The van der Waals surface area contributed by atoms with Gasteiger partial charge in [-0.1, -0.05) is 0 Å². The summed E-state index contributed by atoms with van der Waals surface area (Å²) in [6, 6.07) is 0.986. The third-order valence-corrected chi connectivity index (χ3v) is 5.53. The smallest absolute Gasteiger partial charge is 0.394 e. The Morgan fingerprint density at radius 3 is 2.57 bits per heavy atom. The maximum atomic E-state index is 12.1. The molecule has 2 aliphatic rings. The van der Waals surface area contributed by atoms with E-state index < -0.39 is 81.4 Å². The summed E-state index contributed by atoms with van der Waals surface area (Å²) in [4.78, 5) is 34.7. The Morgan fingerprint density at radius 2 is 1.97 bits per heavy atom. The zero-order valence-electron chi connectivity index (χ0n) is 15.2. The molecule has 2 fully saturated rings. The SMILES string of the molecule is O=c1ccn([C@H]2O[C@@H](COP(=O)(O)O[C@]3(O)C[C@H](O)[C@@H](CO)O3)C(O)C2O)c(=O)[nH]1. The Bertz CT molecular complexity index is 920. The van der Waals surface area contributed by atoms with E-state index in [9.17, 15) is 39.5 Å². The van der Waals surface area contributed by atoms with Crippen LogP contribution in [0.1, 0.15) is 12.6 Å². The molecule has 30 heavy (non-hydrogen) atoms. The number of nitrogens with one attached hydrogen (secondary N) is 1. The van der Waals surface area contributed by atoms with E-state index in [-0.39, 0.29) is 0 Å². The van der Waals surface area contributed by atoms with Crippen LogP contribution in [0, 0.1) is 0 Å². The van der Waals surface area contributed by atoms with Crippen LogP contribution >= 0.6 is 7.82 Å². The highest BCUT2D eigenvalue weighted by atomic mass is 31.2. The lowest BCUT2D eigenvalue weighted by Gasteiger charge is -2.25. The summed E-state index contributed by atoms with van der Waals surface area (Å²) < 4.78 is 32.2. The molecule has 0 bridgehead atoms. The summed E-state index contributed by atoms with van der Waals surface area (Å²) >= 11 is 0. The van der Waals surface area contributed by atoms with Gasteiger partial charge in [0, 0.05) is 12.3 Å². The summed E-state index contributed by atoms with van der Waals surface area (Å²) in [5.74, 6) is -2.71. The van der Waals surface area contributed by atoms with Gasteiger partial charge in [-0.25, -0.2) is 13.9 Å². The quantitative estimate of drug-likeness (QED) is 0.154. The monoisotopic (exact) mass is 456 g/mol. The van der Waals surface area contributed by atoms with Crippen LogP contribution in [0.3, 0.4) is 0 Å². The molecule has 2 saturated heterocycles. The fraction of sp³-hybridized carbons (Fsp3) is 0.714. The summed E-state index contributed by atoms with van der Waals surface area (Å²) in [6.45, 7) is -1.50. The lowest BCUT2D eigenvalue weighted by Crippen LogP contribution is -2.37. The predicted molar refractivity (Wildman–Crippen MR) is 91.6 cm³/mol. The molecule has 3 rings (SSSR count). The number of aliphatic hydroxyl groups is 5. The molecule has 1 aromatic heterocycles. The highest BCUT2D eigenvalue weighted by molar-refractivity contribution is 7.47. The minimum absolute atomic E-state index is 0.648. The molecule has 3 unspecified atom stereocenters. The molecule has 2 aliphatic heterocycles. The topological polar surface area (TPSA) is 230 Å². The van der Waals surface area contributed by atoms with E-state index in [1.807, 2.05) is 4.98 Å². The molecule has 0 amide bonds. The third kappa shape index (κ3) is 4.87. The maximum absolute atomic E-state index is 12.1. The highest BCUT2D eigenvalue weighted by Crippen LogP contribution is 2.50. The van der Waals surface area contributed by atoms with Gasteiger partial charge in [0.1, 0.15) is 24.4 Å².